The molecule has 172 valence electrons. The number of nitrogens with one attached hydrogen (secondary N) is 2. The van der Waals surface area contributed by atoms with Gasteiger partial charge < -0.3 is 21.1 Å². The third kappa shape index (κ3) is 4.82. The highest BCUT2D eigenvalue weighted by atomic mass is 16.5. The van der Waals surface area contributed by atoms with Gasteiger partial charge >= 0.3 is 0 Å². The van der Waals surface area contributed by atoms with Crippen LogP contribution in [0, 0.1) is 13.8 Å². The number of pyridine rings is 1. The molecular formula is C24H28N6O3. The number of hydrogen-bond acceptors (Lipinski definition) is 7. The van der Waals surface area contributed by atoms with E-state index in [4.69, 9.17) is 14.6 Å². The number of nitrogens with two attached hydrogens (primary N) is 1. The third-order valence-electron chi connectivity index (χ3n) is 5.62. The van der Waals surface area contributed by atoms with Crippen molar-refractivity contribution < 1.29 is 13.6 Å². The summed E-state index contributed by atoms with van der Waals surface area (Å²) in [7, 11) is 1.60. The average molecular weight is 452 g/mol. The zero-order chi connectivity index (χ0) is 26.0. The summed E-state index contributed by atoms with van der Waals surface area (Å²) >= 11 is 0. The first-order valence-corrected chi connectivity index (χ1v) is 10.6. The maximum absolute atomic E-state index is 13.2. The summed E-state index contributed by atoms with van der Waals surface area (Å²) in [5.41, 5.74) is 8.06. The zero-order valence-electron chi connectivity index (χ0n) is 21.5. The Morgan fingerprint density at radius 3 is 2.97 bits per heavy atom. The Balaban J connectivity index is 1.50. The van der Waals surface area contributed by atoms with Gasteiger partial charge in [-0.25, -0.2) is 9.97 Å². The summed E-state index contributed by atoms with van der Waals surface area (Å²) in [6.45, 7) is -0.205. The van der Waals surface area contributed by atoms with Crippen molar-refractivity contribution in [3.63, 3.8) is 0 Å². The molecule has 0 spiro atoms. The molecular weight excluding hydrogens is 420 g/mol. The van der Waals surface area contributed by atoms with E-state index in [0.29, 0.717) is 30.6 Å². The minimum Gasteiger partial charge on any atom is -0.497 e. The molecule has 9 nitrogen and oxygen atoms in total. The van der Waals surface area contributed by atoms with Gasteiger partial charge in [0, 0.05) is 34.8 Å². The molecule has 0 radical (unpaired) electrons. The van der Waals surface area contributed by atoms with Gasteiger partial charge in [0.05, 0.1) is 7.11 Å². The highest BCUT2D eigenvalue weighted by Crippen LogP contribution is 2.24. The van der Waals surface area contributed by atoms with Gasteiger partial charge in [0.1, 0.15) is 17.6 Å². The van der Waals surface area contributed by atoms with Crippen LogP contribution in [0.4, 0.5) is 11.6 Å². The minimum absolute atomic E-state index is 0.0498. The number of carbonyl (C=O) groups is 1. The lowest BCUT2D eigenvalue weighted by molar-refractivity contribution is -0.124. The van der Waals surface area contributed by atoms with Crippen molar-refractivity contribution in [1.29, 1.82) is 0 Å². The average Bonchev–Trinajstić information content (AvgIpc) is 3.27. The Morgan fingerprint density at radius 2 is 2.18 bits per heavy atom. The van der Waals surface area contributed by atoms with Crippen LogP contribution in [0.15, 0.2) is 41.3 Å². The molecule has 33 heavy (non-hydrogen) atoms. The smallest absolute Gasteiger partial charge is 0.294 e. The van der Waals surface area contributed by atoms with E-state index in [1.807, 2.05) is 25.1 Å². The van der Waals surface area contributed by atoms with Crippen molar-refractivity contribution in [3.8, 4) is 5.75 Å². The predicted molar refractivity (Wildman–Crippen MR) is 126 cm³/mol. The lowest BCUT2D eigenvalue weighted by atomic mass is 10.1. The molecule has 9 heteroatoms. The number of anilines is 2. The van der Waals surface area contributed by atoms with Gasteiger partial charge in [-0.1, -0.05) is 12.1 Å². The molecule has 3 aromatic rings. The van der Waals surface area contributed by atoms with E-state index in [1.54, 1.807) is 13.3 Å². The lowest BCUT2D eigenvalue weighted by Crippen LogP contribution is -2.36. The summed E-state index contributed by atoms with van der Waals surface area (Å²) in [4.78, 5) is 34.5. The van der Waals surface area contributed by atoms with Crippen LogP contribution in [0.2, 0.25) is 0 Å². The molecule has 2 aromatic heterocycles. The van der Waals surface area contributed by atoms with E-state index >= 15 is 0 Å². The number of rotatable bonds is 7. The SMILES string of the molecule is [2H]C([2H])([2H])c1nc(N)ccc1CNC(=O)C1CCc2cnc(NCc3cc(C)cc(OC)c3)c(=O)n21. The van der Waals surface area contributed by atoms with Gasteiger partial charge in [0.25, 0.3) is 5.56 Å². The molecule has 0 saturated heterocycles. The van der Waals surface area contributed by atoms with Crippen LogP contribution in [-0.4, -0.2) is 27.6 Å². The van der Waals surface area contributed by atoms with Crippen LogP contribution in [-0.2, 0) is 24.3 Å². The quantitative estimate of drug-likeness (QED) is 0.503. The molecule has 4 rings (SSSR count). The Bertz CT molecular complexity index is 1360. The van der Waals surface area contributed by atoms with Crippen molar-refractivity contribution in [1.82, 2.24) is 19.9 Å². The molecule has 1 aromatic carbocycles. The summed E-state index contributed by atoms with van der Waals surface area (Å²) < 4.78 is 29.8. The predicted octanol–water partition coefficient (Wildman–Crippen LogP) is 2.26. The third-order valence-corrected chi connectivity index (χ3v) is 5.62. The number of nitrogen functional groups attached to an aromatic ring is 1. The van der Waals surface area contributed by atoms with Crippen molar-refractivity contribution in [2.45, 2.75) is 45.7 Å². The first-order chi connectivity index (χ1) is 17.1. The van der Waals surface area contributed by atoms with Crippen LogP contribution in [0.3, 0.4) is 0 Å². The highest BCUT2D eigenvalue weighted by molar-refractivity contribution is 5.81. The largest absolute Gasteiger partial charge is 0.497 e. The van der Waals surface area contributed by atoms with E-state index < -0.39 is 12.9 Å². The Hall–Kier alpha value is -3.88. The first-order valence-electron chi connectivity index (χ1n) is 12.1. The zero-order valence-corrected chi connectivity index (χ0v) is 18.5. The minimum atomic E-state index is -2.47. The maximum Gasteiger partial charge on any atom is 0.294 e. The fraction of sp³-hybridized carbons (Fsp3) is 0.333. The van der Waals surface area contributed by atoms with Crippen molar-refractivity contribution in [2.75, 3.05) is 18.2 Å². The fourth-order valence-electron chi connectivity index (χ4n) is 3.99. The molecule has 0 fully saturated rings. The van der Waals surface area contributed by atoms with Gasteiger partial charge in [-0.3, -0.25) is 14.2 Å². The Kier molecular flexibility index (Phi) is 5.27. The Labute approximate surface area is 196 Å². The van der Waals surface area contributed by atoms with Crippen molar-refractivity contribution in [2.24, 2.45) is 0 Å². The molecule has 4 N–H and O–H groups in total. The number of methoxy groups -OCH3 is 1. The molecule has 0 saturated carbocycles. The fourth-order valence-corrected chi connectivity index (χ4v) is 3.99. The second-order valence-corrected chi connectivity index (χ2v) is 8.00. The van der Waals surface area contributed by atoms with E-state index in [9.17, 15) is 9.59 Å². The molecule has 1 unspecified atom stereocenters. The second-order valence-electron chi connectivity index (χ2n) is 8.00. The van der Waals surface area contributed by atoms with Gasteiger partial charge in [0.15, 0.2) is 5.82 Å². The number of carbonyl (C=O) groups excluding carboxylic acids is 1. The molecule has 1 aliphatic heterocycles. The highest BCUT2D eigenvalue weighted by Gasteiger charge is 2.30. The molecule has 0 aliphatic carbocycles. The van der Waals surface area contributed by atoms with E-state index in [1.165, 1.54) is 16.7 Å². The monoisotopic (exact) mass is 451 g/mol. The van der Waals surface area contributed by atoms with Gasteiger partial charge in [0.2, 0.25) is 5.91 Å². The number of fused-ring (bicyclic) bond motifs is 1. The molecule has 0 bridgehead atoms. The van der Waals surface area contributed by atoms with Crippen molar-refractivity contribution in [3.05, 3.63) is 75.0 Å². The Morgan fingerprint density at radius 1 is 1.33 bits per heavy atom. The van der Waals surface area contributed by atoms with E-state index in [-0.39, 0.29) is 35.3 Å². The number of aryl methyl sites for hydroxylation is 3. The van der Waals surface area contributed by atoms with E-state index in [0.717, 1.165) is 16.9 Å². The summed E-state index contributed by atoms with van der Waals surface area (Å²) in [5.74, 6) is 0.570. The van der Waals surface area contributed by atoms with Crippen LogP contribution >= 0.6 is 0 Å². The molecule has 3 heterocycles. The summed E-state index contributed by atoms with van der Waals surface area (Å²) in [6.07, 6.45) is 2.57. The van der Waals surface area contributed by atoms with Gasteiger partial charge in [-0.05, 0) is 61.5 Å². The van der Waals surface area contributed by atoms with Crippen LogP contribution in [0.5, 0.6) is 5.75 Å². The summed E-state index contributed by atoms with van der Waals surface area (Å²) in [5, 5.41) is 5.82. The molecule has 1 atom stereocenters. The number of aromatic nitrogens is 3. The maximum atomic E-state index is 13.2. The van der Waals surface area contributed by atoms with Crippen LogP contribution < -0.4 is 26.7 Å². The number of hydrogen-bond donors (Lipinski definition) is 3. The number of benzene rings is 1. The lowest BCUT2D eigenvalue weighted by Gasteiger charge is -2.16. The van der Waals surface area contributed by atoms with Gasteiger partial charge in [-0.15, -0.1) is 0 Å². The number of nitrogens with zero attached hydrogens (tertiary/aromatic N) is 3. The van der Waals surface area contributed by atoms with Gasteiger partial charge in [-0.2, -0.15) is 0 Å². The molecule has 1 amide bonds. The molecule has 1 aliphatic rings. The first kappa shape index (κ1) is 18.7. The number of amides is 1. The van der Waals surface area contributed by atoms with Crippen LogP contribution in [0.1, 0.15) is 44.7 Å². The standard InChI is InChI=1S/C24H28N6O3/c1-14-8-16(10-19(9-14)33-3)11-26-22-24(32)30-18(13-27-22)5-6-20(30)23(31)28-12-17-4-7-21(25)29-15(17)2/h4,7-10,13,20H,5-6,11-12H2,1-3H3,(H2,25,29)(H,26,27)(H,28,31)/i2D3. The normalized spacial score (nSPS) is 16.3. The van der Waals surface area contributed by atoms with Crippen LogP contribution in [0.25, 0.3) is 0 Å². The van der Waals surface area contributed by atoms with E-state index in [2.05, 4.69) is 20.6 Å². The topological polar surface area (TPSA) is 124 Å². The second kappa shape index (κ2) is 9.32. The van der Waals surface area contributed by atoms with Crippen molar-refractivity contribution >= 4 is 17.5 Å². The number of ether oxygens (including phenoxy) is 1. The summed E-state index contributed by atoms with van der Waals surface area (Å²) in [6, 6.07) is 8.06.